The van der Waals surface area contributed by atoms with E-state index < -0.39 is 35.6 Å². The van der Waals surface area contributed by atoms with Gasteiger partial charge < -0.3 is 25.6 Å². The van der Waals surface area contributed by atoms with Crippen LogP contribution in [-0.4, -0.2) is 102 Å². The standard InChI is InChI=1S/C34H50FN7O5/c1-5-29(43)38-30(34(46)41-18-16-40(17-19-41)20-21-47-4)23(3)25-12-13-27(26(35)22-25)37-33(45)31(24-10-8-7-9-11-24)39-32(44)28-14-15-36-42(28)6-2/h12-15,22-24,30-31H,5-11,16-21H2,1-4H3,(H,37,45)(H,38,43)(H,39,44). The normalized spacial score (nSPS) is 17.9. The van der Waals surface area contributed by atoms with Crippen molar-refractivity contribution < 1.29 is 28.3 Å². The van der Waals surface area contributed by atoms with Gasteiger partial charge in [-0.2, -0.15) is 5.10 Å². The highest BCUT2D eigenvalue weighted by Gasteiger charge is 2.35. The van der Waals surface area contributed by atoms with E-state index in [0.29, 0.717) is 50.6 Å². The number of methoxy groups -OCH3 is 1. The summed E-state index contributed by atoms with van der Waals surface area (Å²) in [4.78, 5) is 57.0. The Morgan fingerprint density at radius 2 is 1.74 bits per heavy atom. The molecule has 1 aromatic carbocycles. The number of hydrogen-bond donors (Lipinski definition) is 3. The van der Waals surface area contributed by atoms with Gasteiger partial charge in [-0.1, -0.05) is 39.2 Å². The van der Waals surface area contributed by atoms with E-state index in [1.54, 1.807) is 48.9 Å². The van der Waals surface area contributed by atoms with E-state index in [1.807, 2.05) is 6.92 Å². The molecule has 258 valence electrons. The molecule has 1 saturated carbocycles. The summed E-state index contributed by atoms with van der Waals surface area (Å²) in [6.07, 6.45) is 6.30. The van der Waals surface area contributed by atoms with Crippen molar-refractivity contribution >= 4 is 29.3 Å². The topological polar surface area (TPSA) is 138 Å². The minimum absolute atomic E-state index is 0.0211. The van der Waals surface area contributed by atoms with E-state index in [2.05, 4.69) is 25.9 Å². The minimum Gasteiger partial charge on any atom is -0.383 e. The second-order valence-electron chi connectivity index (χ2n) is 12.5. The predicted octanol–water partition coefficient (Wildman–Crippen LogP) is 3.15. The number of ether oxygens (including phenoxy) is 1. The summed E-state index contributed by atoms with van der Waals surface area (Å²) >= 11 is 0. The Morgan fingerprint density at radius 3 is 2.38 bits per heavy atom. The van der Waals surface area contributed by atoms with Crippen LogP contribution in [0.4, 0.5) is 10.1 Å². The summed E-state index contributed by atoms with van der Waals surface area (Å²) in [5.41, 5.74) is 0.851. The SMILES string of the molecule is CCC(=O)NC(C(=O)N1CCN(CCOC)CC1)C(C)c1ccc(NC(=O)C(NC(=O)c2ccnn2CC)C2CCCCC2)c(F)c1. The fourth-order valence-electron chi connectivity index (χ4n) is 6.46. The molecule has 1 saturated heterocycles. The van der Waals surface area contributed by atoms with Crippen molar-refractivity contribution in [2.75, 3.05) is 51.8 Å². The second-order valence-corrected chi connectivity index (χ2v) is 12.5. The van der Waals surface area contributed by atoms with Crippen molar-refractivity contribution in [3.05, 3.63) is 47.5 Å². The Hall–Kier alpha value is -3.84. The molecule has 2 aliphatic rings. The molecule has 47 heavy (non-hydrogen) atoms. The van der Waals surface area contributed by atoms with Gasteiger partial charge in [-0.25, -0.2) is 4.39 Å². The van der Waals surface area contributed by atoms with Crippen LogP contribution >= 0.6 is 0 Å². The third kappa shape index (κ3) is 9.38. The maximum absolute atomic E-state index is 15.6. The van der Waals surface area contributed by atoms with Gasteiger partial charge in [-0.15, -0.1) is 0 Å². The number of benzene rings is 1. The number of aryl methyl sites for hydroxylation is 1. The molecule has 4 amide bonds. The number of carbonyl (C=O) groups excluding carboxylic acids is 4. The van der Waals surface area contributed by atoms with E-state index in [4.69, 9.17) is 4.74 Å². The van der Waals surface area contributed by atoms with Crippen molar-refractivity contribution in [3.8, 4) is 0 Å². The smallest absolute Gasteiger partial charge is 0.270 e. The van der Waals surface area contributed by atoms with Crippen molar-refractivity contribution in [1.82, 2.24) is 30.2 Å². The highest BCUT2D eigenvalue weighted by Crippen LogP contribution is 2.29. The number of rotatable bonds is 14. The molecule has 1 aromatic heterocycles. The predicted molar refractivity (Wildman–Crippen MR) is 176 cm³/mol. The van der Waals surface area contributed by atoms with E-state index in [0.717, 1.165) is 38.6 Å². The van der Waals surface area contributed by atoms with Crippen LogP contribution in [0.2, 0.25) is 0 Å². The van der Waals surface area contributed by atoms with Crippen molar-refractivity contribution in [2.24, 2.45) is 5.92 Å². The lowest BCUT2D eigenvalue weighted by atomic mass is 9.83. The van der Waals surface area contributed by atoms with Crippen LogP contribution in [0.1, 0.15) is 81.3 Å². The fourth-order valence-corrected chi connectivity index (χ4v) is 6.46. The summed E-state index contributed by atoms with van der Waals surface area (Å²) in [5, 5.41) is 12.6. The van der Waals surface area contributed by atoms with Crippen LogP contribution in [0.3, 0.4) is 0 Å². The maximum atomic E-state index is 15.6. The molecule has 2 aromatic rings. The molecule has 12 nitrogen and oxygen atoms in total. The van der Waals surface area contributed by atoms with E-state index in [1.165, 1.54) is 12.1 Å². The van der Waals surface area contributed by atoms with E-state index in [9.17, 15) is 19.2 Å². The molecule has 2 fully saturated rings. The maximum Gasteiger partial charge on any atom is 0.270 e. The molecule has 2 heterocycles. The summed E-state index contributed by atoms with van der Waals surface area (Å²) in [6.45, 7) is 9.73. The number of hydrogen-bond acceptors (Lipinski definition) is 7. The molecule has 4 rings (SSSR count). The first-order valence-electron chi connectivity index (χ1n) is 16.9. The molecule has 13 heteroatoms. The van der Waals surface area contributed by atoms with Crippen molar-refractivity contribution in [3.63, 3.8) is 0 Å². The first-order valence-corrected chi connectivity index (χ1v) is 16.9. The lowest BCUT2D eigenvalue weighted by Gasteiger charge is -2.37. The summed E-state index contributed by atoms with van der Waals surface area (Å²) in [7, 11) is 1.66. The molecule has 0 bridgehead atoms. The van der Waals surface area contributed by atoms with Crippen LogP contribution in [0.25, 0.3) is 0 Å². The number of amides is 4. The summed E-state index contributed by atoms with van der Waals surface area (Å²) < 4.78 is 22.4. The number of aromatic nitrogens is 2. The number of piperazine rings is 1. The quantitative estimate of drug-likeness (QED) is 0.284. The molecule has 1 aliphatic carbocycles. The fraction of sp³-hybridized carbons (Fsp3) is 0.618. The monoisotopic (exact) mass is 655 g/mol. The summed E-state index contributed by atoms with van der Waals surface area (Å²) in [5.74, 6) is -2.65. The van der Waals surface area contributed by atoms with Gasteiger partial charge in [-0.05, 0) is 49.4 Å². The molecule has 1 aliphatic heterocycles. The average molecular weight is 656 g/mol. The molecule has 3 N–H and O–H groups in total. The lowest BCUT2D eigenvalue weighted by molar-refractivity contribution is -0.138. The van der Waals surface area contributed by atoms with Gasteiger partial charge in [-0.3, -0.25) is 28.8 Å². The summed E-state index contributed by atoms with van der Waals surface area (Å²) in [6, 6.07) is 4.33. The van der Waals surface area contributed by atoms with Crippen LogP contribution in [0.5, 0.6) is 0 Å². The van der Waals surface area contributed by atoms with Crippen LogP contribution in [0.15, 0.2) is 30.5 Å². The molecule has 3 atom stereocenters. The lowest BCUT2D eigenvalue weighted by Crippen LogP contribution is -2.56. The minimum atomic E-state index is -0.879. The molecule has 3 unspecified atom stereocenters. The molecule has 0 spiro atoms. The Morgan fingerprint density at radius 1 is 1.02 bits per heavy atom. The Kier molecular flexibility index (Phi) is 13.3. The number of nitrogens with zero attached hydrogens (tertiary/aromatic N) is 4. The van der Waals surface area contributed by atoms with Gasteiger partial charge in [0.15, 0.2) is 0 Å². The van der Waals surface area contributed by atoms with Gasteiger partial charge in [0.1, 0.15) is 23.6 Å². The van der Waals surface area contributed by atoms with Crippen LogP contribution < -0.4 is 16.0 Å². The zero-order valence-corrected chi connectivity index (χ0v) is 28.1. The van der Waals surface area contributed by atoms with E-state index >= 15 is 4.39 Å². The van der Waals surface area contributed by atoms with Gasteiger partial charge in [0.2, 0.25) is 17.7 Å². The number of halogens is 1. The van der Waals surface area contributed by atoms with Crippen molar-refractivity contribution in [2.45, 2.75) is 83.8 Å². The highest BCUT2D eigenvalue weighted by atomic mass is 19.1. The van der Waals surface area contributed by atoms with Crippen molar-refractivity contribution in [1.29, 1.82) is 0 Å². The third-order valence-electron chi connectivity index (χ3n) is 9.42. The first kappa shape index (κ1) is 36.0. The van der Waals surface area contributed by atoms with E-state index in [-0.39, 0.29) is 29.8 Å². The zero-order chi connectivity index (χ0) is 33.9. The molecular weight excluding hydrogens is 605 g/mol. The average Bonchev–Trinajstić information content (AvgIpc) is 3.58. The molecule has 0 radical (unpaired) electrons. The number of carbonyl (C=O) groups is 4. The van der Waals surface area contributed by atoms with Crippen LogP contribution in [0, 0.1) is 11.7 Å². The van der Waals surface area contributed by atoms with Gasteiger partial charge in [0.05, 0.1) is 12.3 Å². The number of anilines is 1. The Balaban J connectivity index is 1.48. The number of nitrogens with one attached hydrogen (secondary N) is 3. The van der Waals surface area contributed by atoms with Crippen LogP contribution in [-0.2, 0) is 25.7 Å². The second kappa shape index (κ2) is 17.4. The highest BCUT2D eigenvalue weighted by molar-refractivity contribution is 6.00. The third-order valence-corrected chi connectivity index (χ3v) is 9.42. The molecular formula is C34H50FN7O5. The Bertz CT molecular complexity index is 1370. The largest absolute Gasteiger partial charge is 0.383 e. The van der Waals surface area contributed by atoms with Gasteiger partial charge >= 0.3 is 0 Å². The van der Waals surface area contributed by atoms with Gasteiger partial charge in [0, 0.05) is 64.9 Å². The van der Waals surface area contributed by atoms with Gasteiger partial charge in [0.25, 0.3) is 5.91 Å². The zero-order valence-electron chi connectivity index (χ0n) is 28.1. The first-order chi connectivity index (χ1) is 22.7. The Labute approximate surface area is 276 Å².